The zero-order valence-corrected chi connectivity index (χ0v) is 17.4. The highest BCUT2D eigenvalue weighted by Gasteiger charge is 2.26. The van der Waals surface area contributed by atoms with Gasteiger partial charge in [-0.2, -0.15) is 0 Å². The molecule has 1 aromatic carbocycles. The smallest absolute Gasteiger partial charge is 0.203 e. The third-order valence-corrected chi connectivity index (χ3v) is 5.40. The molecule has 7 nitrogen and oxygen atoms in total. The molecule has 1 fully saturated rings. The van der Waals surface area contributed by atoms with Gasteiger partial charge < -0.3 is 34.5 Å². The van der Waals surface area contributed by atoms with Crippen molar-refractivity contribution in [3.05, 3.63) is 12.1 Å². The Bertz CT molecular complexity index is 565. The third kappa shape index (κ3) is 6.15. The highest BCUT2D eigenvalue weighted by molar-refractivity contribution is 5.55. The highest BCUT2D eigenvalue weighted by Crippen LogP contribution is 2.40. The van der Waals surface area contributed by atoms with Crippen LogP contribution in [0.4, 0.5) is 0 Å². The van der Waals surface area contributed by atoms with E-state index in [0.717, 1.165) is 12.8 Å². The summed E-state index contributed by atoms with van der Waals surface area (Å²) in [6, 6.07) is 3.31. The molecule has 0 saturated heterocycles. The zero-order valence-electron chi connectivity index (χ0n) is 17.4. The molecule has 0 aromatic heterocycles. The van der Waals surface area contributed by atoms with Gasteiger partial charge in [-0.15, -0.1) is 0 Å². The molecule has 3 unspecified atom stereocenters. The molecular weight excluding hydrogens is 362 g/mol. The topological polar surface area (TPSA) is 89.4 Å². The SMILES string of the molecule is COc1cc(OCC(O)CNC(C)C(O)C2CCCCC2)cc(OC)c1OC. The molecule has 160 valence electrons. The number of methoxy groups -OCH3 is 3. The maximum absolute atomic E-state index is 10.5. The fraction of sp³-hybridized carbons (Fsp3) is 0.714. The summed E-state index contributed by atoms with van der Waals surface area (Å²) in [4.78, 5) is 0. The number of rotatable bonds is 11. The van der Waals surface area contributed by atoms with Gasteiger partial charge in [-0.05, 0) is 25.7 Å². The number of ether oxygens (including phenoxy) is 4. The van der Waals surface area contributed by atoms with Crippen LogP contribution in [-0.4, -0.2) is 62.9 Å². The number of hydrogen-bond acceptors (Lipinski definition) is 7. The Morgan fingerprint density at radius 2 is 1.61 bits per heavy atom. The molecule has 7 heteroatoms. The van der Waals surface area contributed by atoms with Crippen LogP contribution in [0, 0.1) is 5.92 Å². The average molecular weight is 398 g/mol. The van der Waals surface area contributed by atoms with Crippen molar-refractivity contribution in [2.45, 2.75) is 57.3 Å². The summed E-state index contributed by atoms with van der Waals surface area (Å²) in [5.41, 5.74) is 0. The Kier molecular flexibility index (Phi) is 9.15. The molecule has 0 bridgehead atoms. The van der Waals surface area contributed by atoms with Gasteiger partial charge in [-0.3, -0.25) is 0 Å². The Morgan fingerprint density at radius 1 is 1.00 bits per heavy atom. The van der Waals surface area contributed by atoms with Crippen molar-refractivity contribution in [1.29, 1.82) is 0 Å². The molecule has 1 saturated carbocycles. The second-order valence-electron chi connectivity index (χ2n) is 7.41. The molecule has 0 amide bonds. The molecule has 0 heterocycles. The molecule has 1 aliphatic carbocycles. The van der Waals surface area contributed by atoms with Gasteiger partial charge in [0.25, 0.3) is 0 Å². The number of hydrogen-bond donors (Lipinski definition) is 3. The molecule has 3 N–H and O–H groups in total. The van der Waals surface area contributed by atoms with Crippen LogP contribution in [0.1, 0.15) is 39.0 Å². The van der Waals surface area contributed by atoms with E-state index in [1.54, 1.807) is 33.5 Å². The summed E-state index contributed by atoms with van der Waals surface area (Å²) in [5.74, 6) is 2.35. The predicted molar refractivity (Wildman–Crippen MR) is 108 cm³/mol. The molecule has 28 heavy (non-hydrogen) atoms. The second kappa shape index (κ2) is 11.3. The van der Waals surface area contributed by atoms with E-state index in [2.05, 4.69) is 5.32 Å². The number of nitrogens with one attached hydrogen (secondary N) is 1. The second-order valence-corrected chi connectivity index (χ2v) is 7.41. The van der Waals surface area contributed by atoms with Crippen molar-refractivity contribution in [1.82, 2.24) is 5.32 Å². The Balaban J connectivity index is 1.82. The maximum Gasteiger partial charge on any atom is 0.203 e. The van der Waals surface area contributed by atoms with E-state index in [0.29, 0.717) is 35.5 Å². The fourth-order valence-corrected chi connectivity index (χ4v) is 3.72. The van der Waals surface area contributed by atoms with Gasteiger partial charge in [0.15, 0.2) is 11.5 Å². The lowest BCUT2D eigenvalue weighted by Crippen LogP contribution is -2.45. The first-order chi connectivity index (χ1) is 13.5. The van der Waals surface area contributed by atoms with Crippen LogP contribution in [0.15, 0.2) is 12.1 Å². The molecule has 1 aromatic rings. The lowest BCUT2D eigenvalue weighted by molar-refractivity contribution is 0.0453. The van der Waals surface area contributed by atoms with Gasteiger partial charge >= 0.3 is 0 Å². The lowest BCUT2D eigenvalue weighted by atomic mass is 9.83. The van der Waals surface area contributed by atoms with Crippen LogP contribution < -0.4 is 24.3 Å². The minimum Gasteiger partial charge on any atom is -0.493 e. The van der Waals surface area contributed by atoms with Gasteiger partial charge in [-0.1, -0.05) is 19.3 Å². The number of benzene rings is 1. The van der Waals surface area contributed by atoms with Gasteiger partial charge in [0.05, 0.1) is 27.4 Å². The Morgan fingerprint density at radius 3 is 2.14 bits per heavy atom. The molecule has 0 spiro atoms. The summed E-state index contributed by atoms with van der Waals surface area (Å²) >= 11 is 0. The zero-order chi connectivity index (χ0) is 20.5. The summed E-state index contributed by atoms with van der Waals surface area (Å²) in [6.07, 6.45) is 4.73. The first kappa shape index (κ1) is 22.6. The normalized spacial score (nSPS) is 18.2. The van der Waals surface area contributed by atoms with Crippen molar-refractivity contribution < 1.29 is 29.2 Å². The minimum atomic E-state index is -0.708. The van der Waals surface area contributed by atoms with E-state index < -0.39 is 6.10 Å². The van der Waals surface area contributed by atoms with Crippen molar-refractivity contribution in [2.24, 2.45) is 5.92 Å². The number of aliphatic hydroxyl groups is 2. The summed E-state index contributed by atoms with van der Waals surface area (Å²) in [5, 5.41) is 24.0. The van der Waals surface area contributed by atoms with Crippen LogP contribution in [0.2, 0.25) is 0 Å². The van der Waals surface area contributed by atoms with Crippen molar-refractivity contribution in [3.8, 4) is 23.0 Å². The van der Waals surface area contributed by atoms with E-state index in [1.165, 1.54) is 19.3 Å². The van der Waals surface area contributed by atoms with Crippen molar-refractivity contribution >= 4 is 0 Å². The first-order valence-corrected chi connectivity index (χ1v) is 10.0. The molecule has 2 rings (SSSR count). The van der Waals surface area contributed by atoms with E-state index >= 15 is 0 Å². The molecule has 1 aliphatic rings. The molecule has 3 atom stereocenters. The van der Waals surface area contributed by atoms with E-state index in [9.17, 15) is 10.2 Å². The quantitative estimate of drug-likeness (QED) is 0.528. The standard InChI is InChI=1S/C21H35NO6/c1-14(20(24)15-8-6-5-7-9-15)22-12-16(23)13-28-17-10-18(25-2)21(27-4)19(11-17)26-3/h10-11,14-16,20,22-24H,5-9,12-13H2,1-4H3. The van der Waals surface area contributed by atoms with Crippen LogP contribution in [0.25, 0.3) is 0 Å². The Hall–Kier alpha value is -1.70. The average Bonchev–Trinajstić information content (AvgIpc) is 2.74. The molecule has 0 aliphatic heterocycles. The molecule has 0 radical (unpaired) electrons. The van der Waals surface area contributed by atoms with Gasteiger partial charge in [0.2, 0.25) is 5.75 Å². The summed E-state index contributed by atoms with van der Waals surface area (Å²) in [6.45, 7) is 2.42. The van der Waals surface area contributed by atoms with Crippen molar-refractivity contribution in [3.63, 3.8) is 0 Å². The van der Waals surface area contributed by atoms with Gasteiger partial charge in [0, 0.05) is 24.7 Å². The predicted octanol–water partition coefficient (Wildman–Crippen LogP) is 2.37. The lowest BCUT2D eigenvalue weighted by Gasteiger charge is -2.31. The van der Waals surface area contributed by atoms with E-state index in [-0.39, 0.29) is 18.8 Å². The van der Waals surface area contributed by atoms with Gasteiger partial charge in [-0.25, -0.2) is 0 Å². The Labute approximate surface area is 167 Å². The van der Waals surface area contributed by atoms with Gasteiger partial charge in [0.1, 0.15) is 18.5 Å². The summed E-state index contributed by atoms with van der Waals surface area (Å²) in [7, 11) is 4.62. The largest absolute Gasteiger partial charge is 0.493 e. The fourth-order valence-electron chi connectivity index (χ4n) is 3.72. The highest BCUT2D eigenvalue weighted by atomic mass is 16.5. The maximum atomic E-state index is 10.5. The number of aliphatic hydroxyl groups excluding tert-OH is 2. The van der Waals surface area contributed by atoms with Crippen LogP contribution in [0.5, 0.6) is 23.0 Å². The minimum absolute atomic E-state index is 0.0704. The monoisotopic (exact) mass is 397 g/mol. The van der Waals surface area contributed by atoms with E-state index in [4.69, 9.17) is 18.9 Å². The van der Waals surface area contributed by atoms with E-state index in [1.807, 2.05) is 6.92 Å². The first-order valence-electron chi connectivity index (χ1n) is 10.0. The molecular formula is C21H35NO6. The van der Waals surface area contributed by atoms with Crippen LogP contribution in [0.3, 0.4) is 0 Å². The summed E-state index contributed by atoms with van der Waals surface area (Å²) < 4.78 is 21.6. The van der Waals surface area contributed by atoms with Crippen LogP contribution in [-0.2, 0) is 0 Å². The third-order valence-electron chi connectivity index (χ3n) is 5.40. The van der Waals surface area contributed by atoms with Crippen molar-refractivity contribution in [2.75, 3.05) is 34.5 Å². The van der Waals surface area contributed by atoms with Crippen LogP contribution >= 0.6 is 0 Å².